The van der Waals surface area contributed by atoms with E-state index in [4.69, 9.17) is 26.1 Å². The van der Waals surface area contributed by atoms with Crippen molar-refractivity contribution in [2.45, 2.75) is 37.8 Å². The van der Waals surface area contributed by atoms with E-state index in [0.29, 0.717) is 23.2 Å². The molecule has 10 nitrogen and oxygen atoms in total. The third-order valence-electron chi connectivity index (χ3n) is 8.51. The number of rotatable bonds is 7. The maximum absolute atomic E-state index is 16.3. The summed E-state index contributed by atoms with van der Waals surface area (Å²) in [6.07, 6.45) is 4.79. The minimum Gasteiger partial charge on any atom is -0.481 e. The van der Waals surface area contributed by atoms with Crippen molar-refractivity contribution in [1.29, 1.82) is 0 Å². The zero-order chi connectivity index (χ0) is 31.8. The van der Waals surface area contributed by atoms with Crippen LogP contribution >= 0.6 is 11.6 Å². The van der Waals surface area contributed by atoms with Gasteiger partial charge in [-0.25, -0.2) is 14.2 Å². The number of anilines is 1. The molecular weight excluding hydrogens is 601 g/mol. The molecule has 6 rings (SSSR count). The summed E-state index contributed by atoms with van der Waals surface area (Å²) in [4.78, 5) is 42.4. The Morgan fingerprint density at radius 1 is 1.07 bits per heavy atom. The number of methoxy groups -OCH3 is 1. The summed E-state index contributed by atoms with van der Waals surface area (Å²) in [5.74, 6) is -0.806. The first kappa shape index (κ1) is 30.7. The predicted molar refractivity (Wildman–Crippen MR) is 170 cm³/mol. The lowest BCUT2D eigenvalue weighted by atomic mass is 9.98. The Morgan fingerprint density at radius 3 is 2.53 bits per heavy atom. The van der Waals surface area contributed by atoms with Crippen LogP contribution in [0.4, 0.5) is 10.1 Å². The van der Waals surface area contributed by atoms with E-state index in [0.717, 1.165) is 59.2 Å². The first-order valence-corrected chi connectivity index (χ1v) is 15.1. The number of halogens is 2. The number of amides is 1. The zero-order valence-corrected chi connectivity index (χ0v) is 25.9. The Labute approximate surface area is 263 Å². The van der Waals surface area contributed by atoms with Crippen LogP contribution in [-0.2, 0) is 25.3 Å². The van der Waals surface area contributed by atoms with E-state index in [1.807, 2.05) is 6.07 Å². The fraction of sp³-hybridized carbons (Fsp3) is 0.333. The Morgan fingerprint density at radius 2 is 1.78 bits per heavy atom. The molecule has 4 aromatic rings. The Hall–Kier alpha value is -4.32. The molecule has 1 fully saturated rings. The first-order valence-electron chi connectivity index (χ1n) is 14.7. The van der Waals surface area contributed by atoms with Crippen molar-refractivity contribution in [3.8, 4) is 28.3 Å². The van der Waals surface area contributed by atoms with Crippen molar-refractivity contribution in [1.82, 2.24) is 19.4 Å². The third-order valence-corrected chi connectivity index (χ3v) is 8.92. The van der Waals surface area contributed by atoms with E-state index in [2.05, 4.69) is 10.6 Å². The molecule has 1 unspecified atom stereocenters. The second kappa shape index (κ2) is 12.6. The largest absolute Gasteiger partial charge is 0.481 e. The molecule has 0 saturated carbocycles. The van der Waals surface area contributed by atoms with Crippen molar-refractivity contribution in [2.24, 2.45) is 14.1 Å². The van der Waals surface area contributed by atoms with Crippen LogP contribution in [0.1, 0.15) is 46.8 Å². The molecule has 2 aromatic carbocycles. The van der Waals surface area contributed by atoms with Gasteiger partial charge in [-0.3, -0.25) is 14.2 Å². The van der Waals surface area contributed by atoms with Crippen LogP contribution in [0.2, 0.25) is 5.02 Å². The molecule has 0 bridgehead atoms. The topological polar surface area (TPSA) is 116 Å². The minimum atomic E-state index is -0.751. The van der Waals surface area contributed by atoms with Crippen LogP contribution in [0, 0.1) is 5.82 Å². The van der Waals surface area contributed by atoms with Crippen molar-refractivity contribution >= 4 is 23.2 Å². The summed E-state index contributed by atoms with van der Waals surface area (Å²) in [5.41, 5.74) is 2.01. The molecule has 1 saturated heterocycles. The number of aryl methyl sites for hydroxylation is 2. The highest BCUT2D eigenvalue weighted by Gasteiger charge is 2.31. The first-order chi connectivity index (χ1) is 21.7. The van der Waals surface area contributed by atoms with E-state index < -0.39 is 23.0 Å². The minimum absolute atomic E-state index is 0.0880. The van der Waals surface area contributed by atoms with Crippen LogP contribution in [0.5, 0.6) is 5.88 Å². The Bertz CT molecular complexity index is 1920. The third kappa shape index (κ3) is 5.79. The summed E-state index contributed by atoms with van der Waals surface area (Å²) in [5, 5.41) is 6.46. The molecule has 45 heavy (non-hydrogen) atoms. The lowest BCUT2D eigenvalue weighted by molar-refractivity contribution is 0.0747. The summed E-state index contributed by atoms with van der Waals surface area (Å²) >= 11 is 6.72. The van der Waals surface area contributed by atoms with E-state index >= 15 is 4.39 Å². The van der Waals surface area contributed by atoms with Gasteiger partial charge in [-0.05, 0) is 49.4 Å². The predicted octanol–water partition coefficient (Wildman–Crippen LogP) is 4.62. The van der Waals surface area contributed by atoms with Crippen LogP contribution in [-0.4, -0.2) is 46.4 Å². The molecule has 234 valence electrons. The number of carbonyl (C=O) groups excluding carboxylic acids is 1. The van der Waals surface area contributed by atoms with Gasteiger partial charge in [-0.2, -0.15) is 0 Å². The summed E-state index contributed by atoms with van der Waals surface area (Å²) < 4.78 is 29.5. The molecule has 2 aromatic heterocycles. The number of carbonyl (C=O) groups is 1. The Kier molecular flexibility index (Phi) is 8.59. The molecule has 1 aliphatic heterocycles. The number of hydrogen-bond donors (Lipinski definition) is 2. The fourth-order valence-electron chi connectivity index (χ4n) is 6.14. The fourth-order valence-corrected chi connectivity index (χ4v) is 6.42. The van der Waals surface area contributed by atoms with E-state index in [1.165, 1.54) is 20.3 Å². The monoisotopic (exact) mass is 633 g/mol. The average Bonchev–Trinajstić information content (AvgIpc) is 3.45. The van der Waals surface area contributed by atoms with E-state index in [1.54, 1.807) is 43.5 Å². The Balaban J connectivity index is 1.32. The van der Waals surface area contributed by atoms with Gasteiger partial charge in [0.05, 0.1) is 23.5 Å². The molecular formula is C33H33ClFN5O5. The normalized spacial score (nSPS) is 16.4. The summed E-state index contributed by atoms with van der Waals surface area (Å²) in [6.45, 7) is 1.49. The summed E-state index contributed by atoms with van der Waals surface area (Å²) in [7, 11) is 4.31. The summed E-state index contributed by atoms with van der Waals surface area (Å²) in [6, 6.07) is 12.2. The zero-order valence-electron chi connectivity index (χ0n) is 25.2. The number of nitrogens with zero attached hydrogens (tertiary/aromatic N) is 3. The number of benzene rings is 2. The van der Waals surface area contributed by atoms with Gasteiger partial charge in [0.25, 0.3) is 11.5 Å². The number of fused-ring (bicyclic) bond motifs is 1. The number of pyridine rings is 1. The van der Waals surface area contributed by atoms with Crippen LogP contribution in [0.25, 0.3) is 22.4 Å². The molecule has 2 aliphatic rings. The standard InChI is InChI=1S/C33H33ClFN5O5/c1-39-17-23(32(42)40(2)33(39)43)30(41)37-25-9-5-6-20(28(25)34)21-7-4-8-22(29(21)35)26-16-18-10-11-24(27(18)31(38-26)44-3)36-19-12-14-45-15-13-19/h4-9,16-17,19,24,36H,10-15H2,1-3H3,(H,37,41). The number of ether oxygens (including phenoxy) is 2. The molecule has 2 N–H and O–H groups in total. The van der Waals surface area contributed by atoms with Crippen LogP contribution < -0.4 is 26.6 Å². The lowest BCUT2D eigenvalue weighted by Crippen LogP contribution is -2.40. The van der Waals surface area contributed by atoms with Crippen molar-refractivity contribution in [2.75, 3.05) is 25.6 Å². The molecule has 0 spiro atoms. The van der Waals surface area contributed by atoms with Gasteiger partial charge in [0.2, 0.25) is 5.88 Å². The van der Waals surface area contributed by atoms with Crippen molar-refractivity contribution in [3.05, 3.63) is 97.0 Å². The second-order valence-corrected chi connectivity index (χ2v) is 11.7. The van der Waals surface area contributed by atoms with Gasteiger partial charge in [0.15, 0.2) is 0 Å². The number of nitrogens with one attached hydrogen (secondary N) is 2. The smallest absolute Gasteiger partial charge is 0.330 e. The van der Waals surface area contributed by atoms with Gasteiger partial charge in [0.1, 0.15) is 11.4 Å². The maximum Gasteiger partial charge on any atom is 0.330 e. The van der Waals surface area contributed by atoms with Gasteiger partial charge in [0, 0.05) is 67.8 Å². The number of aromatic nitrogens is 3. The maximum atomic E-state index is 16.3. The van der Waals surface area contributed by atoms with Crippen LogP contribution in [0.15, 0.2) is 58.3 Å². The molecule has 1 aliphatic carbocycles. The quantitative estimate of drug-likeness (QED) is 0.305. The SMILES string of the molecule is COc1nc(-c2cccc(-c3cccc(NC(=O)c4cn(C)c(=O)n(C)c4=O)c3Cl)c2F)cc2c1C(NC1CCOCC1)CC2. The van der Waals surface area contributed by atoms with Crippen LogP contribution in [0.3, 0.4) is 0 Å². The van der Waals surface area contributed by atoms with Gasteiger partial charge in [-0.1, -0.05) is 35.9 Å². The van der Waals surface area contributed by atoms with E-state index in [9.17, 15) is 14.4 Å². The molecule has 12 heteroatoms. The molecule has 0 radical (unpaired) electrons. The average molecular weight is 634 g/mol. The van der Waals surface area contributed by atoms with E-state index in [-0.39, 0.29) is 33.4 Å². The number of hydrogen-bond acceptors (Lipinski definition) is 7. The molecule has 3 heterocycles. The van der Waals surface area contributed by atoms with Crippen molar-refractivity contribution < 1.29 is 18.7 Å². The molecule has 1 amide bonds. The van der Waals surface area contributed by atoms with Gasteiger partial charge < -0.3 is 24.7 Å². The van der Waals surface area contributed by atoms with Gasteiger partial charge in [-0.15, -0.1) is 0 Å². The second-order valence-electron chi connectivity index (χ2n) is 11.3. The van der Waals surface area contributed by atoms with Crippen molar-refractivity contribution in [3.63, 3.8) is 0 Å². The molecule has 1 atom stereocenters. The highest BCUT2D eigenvalue weighted by Crippen LogP contribution is 2.42. The lowest BCUT2D eigenvalue weighted by Gasteiger charge is -2.27. The highest BCUT2D eigenvalue weighted by atomic mass is 35.5. The highest BCUT2D eigenvalue weighted by molar-refractivity contribution is 6.36. The van der Waals surface area contributed by atoms with Gasteiger partial charge >= 0.3 is 5.69 Å².